The van der Waals surface area contributed by atoms with E-state index < -0.39 is 0 Å². The molecule has 0 saturated carbocycles. The summed E-state index contributed by atoms with van der Waals surface area (Å²) in [4.78, 5) is 17.2. The van der Waals surface area contributed by atoms with Crippen LogP contribution in [0.1, 0.15) is 24.1 Å². The zero-order valence-corrected chi connectivity index (χ0v) is 18.5. The van der Waals surface area contributed by atoms with Gasteiger partial charge in [0.15, 0.2) is 0 Å². The molecular weight excluding hydrogens is 394 g/mol. The zero-order valence-electron chi connectivity index (χ0n) is 18.5. The minimum Gasteiger partial charge on any atom is -0.344 e. The van der Waals surface area contributed by atoms with Gasteiger partial charge in [-0.1, -0.05) is 36.4 Å². The van der Waals surface area contributed by atoms with Gasteiger partial charge in [-0.25, -0.2) is 0 Å². The third-order valence-electron chi connectivity index (χ3n) is 6.21. The van der Waals surface area contributed by atoms with Crippen LogP contribution in [0.3, 0.4) is 0 Å². The molecule has 1 unspecified atom stereocenters. The van der Waals surface area contributed by atoms with Crippen molar-refractivity contribution in [3.8, 4) is 11.1 Å². The summed E-state index contributed by atoms with van der Waals surface area (Å²) in [6.07, 6.45) is 1.81. The lowest BCUT2D eigenvalue weighted by Crippen LogP contribution is -2.18. The van der Waals surface area contributed by atoms with Gasteiger partial charge in [0.05, 0.1) is 5.92 Å². The molecule has 1 N–H and O–H groups in total. The molecule has 0 spiro atoms. The number of amides is 1. The van der Waals surface area contributed by atoms with E-state index in [2.05, 4.69) is 70.4 Å². The normalized spacial score (nSPS) is 12.2. The molecule has 5 aromatic rings. The van der Waals surface area contributed by atoms with E-state index in [9.17, 15) is 4.79 Å². The number of carbonyl (C=O) groups excluding carboxylic acids is 1. The van der Waals surface area contributed by atoms with Gasteiger partial charge < -0.3 is 9.88 Å². The second-order valence-electron chi connectivity index (χ2n) is 8.33. The Labute approximate surface area is 187 Å². The molecule has 5 rings (SSSR count). The van der Waals surface area contributed by atoms with Crippen LogP contribution in [0.4, 0.5) is 5.69 Å². The fraction of sp³-hybridized carbons (Fsp3) is 0.143. The van der Waals surface area contributed by atoms with Crippen molar-refractivity contribution >= 4 is 33.4 Å². The number of nitrogens with zero attached hydrogens (tertiary/aromatic N) is 2. The number of pyridine rings is 1. The molecule has 4 nitrogen and oxygen atoms in total. The quantitative estimate of drug-likeness (QED) is 0.364. The van der Waals surface area contributed by atoms with Crippen LogP contribution in [0, 0.1) is 6.92 Å². The third-order valence-corrected chi connectivity index (χ3v) is 6.21. The van der Waals surface area contributed by atoms with Crippen molar-refractivity contribution in [1.29, 1.82) is 0 Å². The van der Waals surface area contributed by atoms with Crippen LogP contribution in [-0.4, -0.2) is 15.5 Å². The minimum absolute atomic E-state index is 0.0166. The van der Waals surface area contributed by atoms with Crippen LogP contribution in [0.5, 0.6) is 0 Å². The van der Waals surface area contributed by atoms with Crippen molar-refractivity contribution < 1.29 is 4.79 Å². The summed E-state index contributed by atoms with van der Waals surface area (Å²) < 4.78 is 2.20. The number of para-hydroxylation sites is 1. The van der Waals surface area contributed by atoms with E-state index in [0.717, 1.165) is 28.1 Å². The second-order valence-corrected chi connectivity index (χ2v) is 8.33. The molecule has 2 aromatic heterocycles. The molecule has 1 atom stereocenters. The molecule has 1 amide bonds. The fourth-order valence-corrected chi connectivity index (χ4v) is 4.33. The van der Waals surface area contributed by atoms with Gasteiger partial charge >= 0.3 is 0 Å². The predicted octanol–water partition coefficient (Wildman–Crippen LogP) is 6.44. The smallest absolute Gasteiger partial charge is 0.231 e. The lowest BCUT2D eigenvalue weighted by atomic mass is 9.98. The molecule has 0 aliphatic carbocycles. The van der Waals surface area contributed by atoms with E-state index in [1.54, 1.807) is 0 Å². The first-order valence-corrected chi connectivity index (χ1v) is 10.8. The first kappa shape index (κ1) is 20.0. The highest BCUT2D eigenvalue weighted by Gasteiger charge is 2.17. The number of benzene rings is 3. The van der Waals surface area contributed by atoms with Crippen molar-refractivity contribution in [3.63, 3.8) is 0 Å². The van der Waals surface area contributed by atoms with Crippen LogP contribution in [0.2, 0.25) is 0 Å². The highest BCUT2D eigenvalue weighted by molar-refractivity contribution is 6.08. The van der Waals surface area contributed by atoms with Gasteiger partial charge in [0, 0.05) is 46.4 Å². The SMILES string of the molecule is Cc1cc(-c2ccc(NC(=O)C(C)c3ccc4c(c3)c3ccccc3n4C)cc2)ccn1. The summed E-state index contributed by atoms with van der Waals surface area (Å²) in [5.41, 5.74) is 7.37. The molecular formula is C28H25N3O. The number of carbonyl (C=O) groups is 1. The first-order valence-electron chi connectivity index (χ1n) is 10.8. The molecule has 0 aliphatic rings. The number of aryl methyl sites for hydroxylation is 2. The highest BCUT2D eigenvalue weighted by Crippen LogP contribution is 2.31. The summed E-state index contributed by atoms with van der Waals surface area (Å²) in [7, 11) is 2.08. The Kier molecular flexibility index (Phi) is 4.98. The number of nitrogens with one attached hydrogen (secondary N) is 1. The molecule has 0 aliphatic heterocycles. The first-order chi connectivity index (χ1) is 15.5. The Morgan fingerprint density at radius 2 is 1.62 bits per heavy atom. The summed E-state index contributed by atoms with van der Waals surface area (Å²) in [5, 5.41) is 5.45. The van der Waals surface area contributed by atoms with Gasteiger partial charge in [-0.05, 0) is 73.0 Å². The van der Waals surface area contributed by atoms with Gasteiger partial charge in [0.1, 0.15) is 0 Å². The third kappa shape index (κ3) is 3.54. The molecule has 32 heavy (non-hydrogen) atoms. The van der Waals surface area contributed by atoms with Gasteiger partial charge in [-0.3, -0.25) is 9.78 Å². The van der Waals surface area contributed by atoms with E-state index in [1.165, 1.54) is 21.8 Å². The Balaban J connectivity index is 1.38. The van der Waals surface area contributed by atoms with Crippen molar-refractivity contribution in [2.24, 2.45) is 7.05 Å². The molecule has 0 bridgehead atoms. The number of anilines is 1. The maximum atomic E-state index is 13.0. The Morgan fingerprint density at radius 3 is 2.41 bits per heavy atom. The predicted molar refractivity (Wildman–Crippen MR) is 132 cm³/mol. The van der Waals surface area contributed by atoms with E-state index >= 15 is 0 Å². The highest BCUT2D eigenvalue weighted by atomic mass is 16.1. The maximum Gasteiger partial charge on any atom is 0.231 e. The van der Waals surface area contributed by atoms with Crippen LogP contribution < -0.4 is 5.32 Å². The number of aromatic nitrogens is 2. The van der Waals surface area contributed by atoms with Gasteiger partial charge in [0.25, 0.3) is 0 Å². The number of fused-ring (bicyclic) bond motifs is 3. The van der Waals surface area contributed by atoms with Crippen molar-refractivity contribution in [2.75, 3.05) is 5.32 Å². The van der Waals surface area contributed by atoms with Gasteiger partial charge in [0.2, 0.25) is 5.91 Å². The lowest BCUT2D eigenvalue weighted by molar-refractivity contribution is -0.117. The summed E-state index contributed by atoms with van der Waals surface area (Å²) in [5.74, 6) is -0.280. The molecule has 158 valence electrons. The van der Waals surface area contributed by atoms with Gasteiger partial charge in [-0.15, -0.1) is 0 Å². The fourth-order valence-electron chi connectivity index (χ4n) is 4.33. The summed E-state index contributed by atoms with van der Waals surface area (Å²) >= 11 is 0. The number of hydrogen-bond acceptors (Lipinski definition) is 2. The van der Waals surface area contributed by atoms with Crippen LogP contribution in [0.15, 0.2) is 85.1 Å². The minimum atomic E-state index is -0.263. The summed E-state index contributed by atoms with van der Waals surface area (Å²) in [6.45, 7) is 3.94. The summed E-state index contributed by atoms with van der Waals surface area (Å²) in [6, 6.07) is 26.7. The van der Waals surface area contributed by atoms with Crippen molar-refractivity contribution in [2.45, 2.75) is 19.8 Å². The second kappa shape index (κ2) is 7.97. The monoisotopic (exact) mass is 419 g/mol. The van der Waals surface area contributed by atoms with E-state index in [1.807, 2.05) is 50.4 Å². The van der Waals surface area contributed by atoms with Crippen LogP contribution in [0.25, 0.3) is 32.9 Å². The zero-order chi connectivity index (χ0) is 22.2. The van der Waals surface area contributed by atoms with Crippen molar-refractivity contribution in [3.05, 3.63) is 96.3 Å². The van der Waals surface area contributed by atoms with Gasteiger partial charge in [-0.2, -0.15) is 0 Å². The molecule has 2 heterocycles. The Morgan fingerprint density at radius 1 is 0.875 bits per heavy atom. The maximum absolute atomic E-state index is 13.0. The van der Waals surface area contributed by atoms with E-state index in [-0.39, 0.29) is 11.8 Å². The Bertz CT molecular complexity index is 1450. The Hall–Kier alpha value is -3.92. The van der Waals surface area contributed by atoms with Crippen molar-refractivity contribution in [1.82, 2.24) is 9.55 Å². The van der Waals surface area contributed by atoms with Crippen LogP contribution in [-0.2, 0) is 11.8 Å². The molecule has 0 saturated heterocycles. The molecule has 4 heteroatoms. The average Bonchev–Trinajstić information content (AvgIpc) is 3.11. The topological polar surface area (TPSA) is 46.9 Å². The standard InChI is InChI=1S/C28H25N3O/c1-18-16-22(14-15-29-18)20-8-11-23(12-9-20)30-28(32)19(2)21-10-13-27-25(17-21)24-6-4-5-7-26(24)31(27)3/h4-17,19H,1-3H3,(H,30,32). The van der Waals surface area contributed by atoms with E-state index in [0.29, 0.717) is 0 Å². The largest absolute Gasteiger partial charge is 0.344 e. The molecule has 3 aromatic carbocycles. The van der Waals surface area contributed by atoms with Crippen LogP contribution >= 0.6 is 0 Å². The number of rotatable bonds is 4. The average molecular weight is 420 g/mol. The molecule has 0 radical (unpaired) electrons. The lowest BCUT2D eigenvalue weighted by Gasteiger charge is -2.14. The molecule has 0 fully saturated rings. The van der Waals surface area contributed by atoms with E-state index in [4.69, 9.17) is 0 Å². The number of hydrogen-bond donors (Lipinski definition) is 1.